The van der Waals surface area contributed by atoms with Crippen LogP contribution >= 0.6 is 27.7 Å². The normalized spacial score (nSPS) is 22.4. The van der Waals surface area contributed by atoms with Crippen LogP contribution in [-0.2, 0) is 0 Å². The lowest BCUT2D eigenvalue weighted by atomic mass is 10.0. The molecule has 2 nitrogen and oxygen atoms in total. The fourth-order valence-electron chi connectivity index (χ4n) is 2.58. The van der Waals surface area contributed by atoms with Gasteiger partial charge in [0.15, 0.2) is 0 Å². The Kier molecular flexibility index (Phi) is 6.20. The highest BCUT2D eigenvalue weighted by molar-refractivity contribution is 9.10. The van der Waals surface area contributed by atoms with Gasteiger partial charge in [-0.25, -0.2) is 0 Å². The largest absolute Gasteiger partial charge is 0.313 e. The van der Waals surface area contributed by atoms with E-state index < -0.39 is 0 Å². The molecule has 0 radical (unpaired) electrons. The van der Waals surface area contributed by atoms with Crippen molar-refractivity contribution in [2.45, 2.75) is 24.6 Å². The zero-order valence-corrected chi connectivity index (χ0v) is 14.1. The van der Waals surface area contributed by atoms with Gasteiger partial charge in [0.25, 0.3) is 0 Å². The predicted molar refractivity (Wildman–Crippen MR) is 88.9 cm³/mol. The van der Waals surface area contributed by atoms with E-state index in [1.807, 2.05) is 0 Å². The number of hydrogen-bond acceptors (Lipinski definition) is 3. The molecule has 0 saturated carbocycles. The van der Waals surface area contributed by atoms with E-state index in [2.05, 4.69) is 76.1 Å². The Balaban J connectivity index is 1.87. The molecular weight excluding hydrogens is 320 g/mol. The number of thioether (sulfide) groups is 1. The van der Waals surface area contributed by atoms with E-state index >= 15 is 0 Å². The number of hydrogen-bond donors (Lipinski definition) is 1. The second kappa shape index (κ2) is 7.67. The van der Waals surface area contributed by atoms with Crippen LogP contribution in [0.5, 0.6) is 0 Å². The molecule has 0 aliphatic carbocycles. The van der Waals surface area contributed by atoms with Crippen molar-refractivity contribution >= 4 is 27.7 Å². The van der Waals surface area contributed by atoms with E-state index in [0.717, 1.165) is 9.72 Å². The van der Waals surface area contributed by atoms with Gasteiger partial charge >= 0.3 is 0 Å². The van der Waals surface area contributed by atoms with Crippen LogP contribution in [0.15, 0.2) is 28.7 Å². The van der Waals surface area contributed by atoms with Gasteiger partial charge in [-0.1, -0.05) is 35.0 Å². The zero-order chi connectivity index (χ0) is 13.7. The predicted octanol–water partition coefficient (Wildman–Crippen LogP) is 3.54. The highest BCUT2D eigenvalue weighted by Gasteiger charge is 2.18. The van der Waals surface area contributed by atoms with Crippen LogP contribution < -0.4 is 5.32 Å². The number of nitrogens with zero attached hydrogens (tertiary/aromatic N) is 1. The quantitative estimate of drug-likeness (QED) is 0.880. The van der Waals surface area contributed by atoms with Crippen LogP contribution in [0.25, 0.3) is 0 Å². The average molecular weight is 343 g/mol. The maximum absolute atomic E-state index is 3.49. The van der Waals surface area contributed by atoms with Crippen molar-refractivity contribution in [1.29, 1.82) is 0 Å². The van der Waals surface area contributed by atoms with Gasteiger partial charge in [0.2, 0.25) is 0 Å². The Morgan fingerprint density at radius 2 is 2.16 bits per heavy atom. The number of nitrogens with one attached hydrogen (secondary N) is 1. The van der Waals surface area contributed by atoms with Gasteiger partial charge in [-0.15, -0.1) is 0 Å². The molecule has 0 spiro atoms. The molecule has 2 rings (SSSR count). The fourth-order valence-corrected chi connectivity index (χ4v) is 3.92. The summed E-state index contributed by atoms with van der Waals surface area (Å²) in [5.41, 5.74) is 1.38. The molecule has 1 aromatic rings. The Labute approximate surface area is 129 Å². The van der Waals surface area contributed by atoms with Crippen molar-refractivity contribution < 1.29 is 0 Å². The molecule has 4 heteroatoms. The molecule has 1 heterocycles. The third kappa shape index (κ3) is 4.78. The van der Waals surface area contributed by atoms with Crippen molar-refractivity contribution in [2.75, 3.05) is 32.4 Å². The molecule has 2 atom stereocenters. The summed E-state index contributed by atoms with van der Waals surface area (Å²) < 4.78 is 1.15. The zero-order valence-electron chi connectivity index (χ0n) is 11.7. The molecule has 1 aromatic carbocycles. The first kappa shape index (κ1) is 15.4. The number of rotatable bonds is 5. The Morgan fingerprint density at radius 3 is 2.79 bits per heavy atom. The van der Waals surface area contributed by atoms with Crippen molar-refractivity contribution in [2.24, 2.45) is 0 Å². The first-order valence-electron chi connectivity index (χ1n) is 6.95. The summed E-state index contributed by atoms with van der Waals surface area (Å²) in [6.07, 6.45) is 1.18. The van der Waals surface area contributed by atoms with E-state index in [-0.39, 0.29) is 0 Å². The lowest BCUT2D eigenvalue weighted by molar-refractivity contribution is 0.269. The summed E-state index contributed by atoms with van der Waals surface area (Å²) in [5, 5.41) is 4.23. The summed E-state index contributed by atoms with van der Waals surface area (Å²) in [4.78, 5) is 2.60. The van der Waals surface area contributed by atoms with Crippen LogP contribution in [0.4, 0.5) is 0 Å². The summed E-state index contributed by atoms with van der Waals surface area (Å²) in [5.74, 6) is 1.28. The van der Waals surface area contributed by atoms with Gasteiger partial charge in [0.05, 0.1) is 0 Å². The lowest BCUT2D eigenvalue weighted by Crippen LogP contribution is -2.38. The average Bonchev–Trinajstić information content (AvgIpc) is 2.41. The molecule has 0 bridgehead atoms. The topological polar surface area (TPSA) is 15.3 Å². The monoisotopic (exact) mass is 342 g/mol. The molecule has 19 heavy (non-hydrogen) atoms. The van der Waals surface area contributed by atoms with E-state index in [1.54, 1.807) is 0 Å². The molecule has 106 valence electrons. The molecular formula is C15H23BrN2S. The first-order chi connectivity index (χ1) is 9.19. The smallest absolute Gasteiger partial charge is 0.0329 e. The van der Waals surface area contributed by atoms with E-state index in [0.29, 0.717) is 6.04 Å². The number of benzene rings is 1. The summed E-state index contributed by atoms with van der Waals surface area (Å²) in [6, 6.07) is 9.12. The molecule has 1 aliphatic rings. The van der Waals surface area contributed by atoms with Crippen molar-refractivity contribution in [3.8, 4) is 0 Å². The van der Waals surface area contributed by atoms with E-state index in [9.17, 15) is 0 Å². The van der Waals surface area contributed by atoms with E-state index in [4.69, 9.17) is 0 Å². The Bertz CT molecular complexity index is 382. The first-order valence-corrected chi connectivity index (χ1v) is 8.80. The van der Waals surface area contributed by atoms with Crippen molar-refractivity contribution in [3.05, 3.63) is 34.3 Å². The van der Waals surface area contributed by atoms with Gasteiger partial charge in [0.1, 0.15) is 0 Å². The van der Waals surface area contributed by atoms with Crippen molar-refractivity contribution in [1.82, 2.24) is 10.2 Å². The van der Waals surface area contributed by atoms with Crippen LogP contribution in [0, 0.1) is 0 Å². The van der Waals surface area contributed by atoms with Crippen LogP contribution in [0.2, 0.25) is 0 Å². The molecule has 1 aliphatic heterocycles. The lowest BCUT2D eigenvalue weighted by Gasteiger charge is -2.31. The standard InChI is InChI=1S/C15H23BrN2S/c1-12-11-18(9-10-19-12)8-7-15(17-2)13-3-5-14(16)6-4-13/h3-6,12,15,17H,7-11H2,1-2H3. The van der Waals surface area contributed by atoms with Crippen LogP contribution in [-0.4, -0.2) is 42.6 Å². The van der Waals surface area contributed by atoms with Gasteiger partial charge < -0.3 is 10.2 Å². The fraction of sp³-hybridized carbons (Fsp3) is 0.600. The van der Waals surface area contributed by atoms with Gasteiger partial charge in [-0.2, -0.15) is 11.8 Å². The molecule has 1 fully saturated rings. The van der Waals surface area contributed by atoms with Gasteiger partial charge in [-0.3, -0.25) is 0 Å². The second-order valence-corrected chi connectivity index (χ2v) is 7.63. The third-order valence-electron chi connectivity index (χ3n) is 3.68. The minimum atomic E-state index is 0.456. The minimum absolute atomic E-state index is 0.456. The highest BCUT2D eigenvalue weighted by atomic mass is 79.9. The van der Waals surface area contributed by atoms with Gasteiger partial charge in [0, 0.05) is 41.2 Å². The van der Waals surface area contributed by atoms with E-state index in [1.165, 1.54) is 37.4 Å². The minimum Gasteiger partial charge on any atom is -0.313 e. The molecule has 1 N–H and O–H groups in total. The van der Waals surface area contributed by atoms with Gasteiger partial charge in [-0.05, 0) is 31.2 Å². The van der Waals surface area contributed by atoms with Crippen LogP contribution in [0.1, 0.15) is 24.9 Å². The highest BCUT2D eigenvalue weighted by Crippen LogP contribution is 2.22. The third-order valence-corrected chi connectivity index (χ3v) is 5.35. The molecule has 0 amide bonds. The second-order valence-electron chi connectivity index (χ2n) is 5.16. The summed E-state index contributed by atoms with van der Waals surface area (Å²) in [7, 11) is 2.06. The van der Waals surface area contributed by atoms with Crippen molar-refractivity contribution in [3.63, 3.8) is 0 Å². The SMILES string of the molecule is CNC(CCN1CCSC(C)C1)c1ccc(Br)cc1. The maximum atomic E-state index is 3.49. The molecule has 2 unspecified atom stereocenters. The molecule has 1 saturated heterocycles. The summed E-state index contributed by atoms with van der Waals surface area (Å²) >= 11 is 5.59. The number of halogens is 1. The Hall–Kier alpha value is -0.0300. The maximum Gasteiger partial charge on any atom is 0.0329 e. The van der Waals surface area contributed by atoms with Crippen LogP contribution in [0.3, 0.4) is 0 Å². The molecule has 0 aromatic heterocycles. The summed E-state index contributed by atoms with van der Waals surface area (Å²) in [6.45, 7) is 6.00. The Morgan fingerprint density at radius 1 is 1.42 bits per heavy atom.